The minimum absolute atomic E-state index is 0.0455. The van der Waals surface area contributed by atoms with Gasteiger partial charge in [0.05, 0.1) is 17.3 Å². The van der Waals surface area contributed by atoms with Crippen LogP contribution in [0.3, 0.4) is 0 Å². The molecular weight excluding hydrogens is 425 g/mol. The summed E-state index contributed by atoms with van der Waals surface area (Å²) in [6.07, 6.45) is 2.98. The Kier molecular flexibility index (Phi) is 6.69. The number of alkyl halides is 3. The summed E-state index contributed by atoms with van der Waals surface area (Å²) in [5, 5.41) is 0. The summed E-state index contributed by atoms with van der Waals surface area (Å²) < 4.78 is 44.8. The quantitative estimate of drug-likeness (QED) is 0.730. The Bertz CT molecular complexity index is 1070. The van der Waals surface area contributed by atoms with Gasteiger partial charge in [-0.25, -0.2) is 4.79 Å². The third-order valence-corrected chi connectivity index (χ3v) is 5.24. The molecule has 1 aliphatic rings. The molecule has 0 spiro atoms. The van der Waals surface area contributed by atoms with Crippen LogP contribution in [0.1, 0.15) is 27.0 Å². The molecule has 10 heteroatoms. The first kappa shape index (κ1) is 23.1. The van der Waals surface area contributed by atoms with Crippen molar-refractivity contribution in [3.05, 3.63) is 58.9 Å². The molecule has 0 aliphatic carbocycles. The van der Waals surface area contributed by atoms with Gasteiger partial charge >= 0.3 is 12.3 Å². The van der Waals surface area contributed by atoms with Crippen molar-refractivity contribution in [2.24, 2.45) is 5.73 Å². The molecule has 1 aliphatic heterocycles. The summed E-state index contributed by atoms with van der Waals surface area (Å²) in [7, 11) is 0. The van der Waals surface area contributed by atoms with Gasteiger partial charge in [-0.3, -0.25) is 19.6 Å². The molecule has 1 aromatic heterocycles. The van der Waals surface area contributed by atoms with E-state index in [0.717, 1.165) is 6.07 Å². The zero-order valence-corrected chi connectivity index (χ0v) is 17.2. The minimum Gasteiger partial charge on any atom is -0.408 e. The highest BCUT2D eigenvalue weighted by atomic mass is 19.4. The van der Waals surface area contributed by atoms with Gasteiger partial charge in [0.2, 0.25) is 5.91 Å². The van der Waals surface area contributed by atoms with Gasteiger partial charge < -0.3 is 10.5 Å². The van der Waals surface area contributed by atoms with Gasteiger partial charge in [-0.1, -0.05) is 18.1 Å². The summed E-state index contributed by atoms with van der Waals surface area (Å²) in [5.74, 6) is 1.86. The fourth-order valence-electron chi connectivity index (χ4n) is 3.52. The highest BCUT2D eigenvalue weighted by molar-refractivity contribution is 5.92. The number of nitrogens with two attached hydrogens (primary N) is 1. The average molecular weight is 446 g/mol. The molecule has 0 unspecified atom stereocenters. The van der Waals surface area contributed by atoms with Crippen LogP contribution in [0.25, 0.3) is 0 Å². The van der Waals surface area contributed by atoms with Crippen LogP contribution < -0.4 is 10.5 Å². The zero-order chi connectivity index (χ0) is 23.5. The van der Waals surface area contributed by atoms with Crippen molar-refractivity contribution >= 4 is 12.0 Å². The molecule has 2 N–H and O–H groups in total. The van der Waals surface area contributed by atoms with Gasteiger partial charge in [0.1, 0.15) is 6.04 Å². The van der Waals surface area contributed by atoms with Crippen molar-refractivity contribution in [2.75, 3.05) is 19.6 Å². The van der Waals surface area contributed by atoms with Crippen molar-refractivity contribution in [1.82, 2.24) is 14.8 Å². The van der Waals surface area contributed by atoms with E-state index in [0.29, 0.717) is 12.1 Å². The van der Waals surface area contributed by atoms with Crippen LogP contribution in [-0.4, -0.2) is 52.5 Å². The maximum absolute atomic E-state index is 13.2. The fraction of sp³-hybridized carbons (Fsp3) is 0.318. The number of primary amides is 1. The van der Waals surface area contributed by atoms with E-state index in [1.54, 1.807) is 6.07 Å². The summed E-state index contributed by atoms with van der Waals surface area (Å²) >= 11 is 0. The molecule has 168 valence electrons. The molecule has 1 saturated heterocycles. The number of hydrogen-bond acceptors (Lipinski definition) is 5. The van der Waals surface area contributed by atoms with Crippen LogP contribution >= 0.6 is 0 Å². The molecule has 1 fully saturated rings. The molecule has 2 aromatic rings. The molecule has 0 saturated carbocycles. The van der Waals surface area contributed by atoms with Crippen LogP contribution in [-0.2, 0) is 12.7 Å². The molecule has 1 atom stereocenters. The molecule has 2 heterocycles. The first-order valence-corrected chi connectivity index (χ1v) is 9.67. The number of amides is 2. The summed E-state index contributed by atoms with van der Waals surface area (Å²) in [5.41, 5.74) is 5.33. The third-order valence-electron chi connectivity index (χ3n) is 5.24. The van der Waals surface area contributed by atoms with Crippen molar-refractivity contribution in [3.8, 4) is 18.1 Å². The Balaban J connectivity index is 1.68. The average Bonchev–Trinajstić information content (AvgIpc) is 2.74. The number of aromatic nitrogens is 1. The second-order valence-corrected chi connectivity index (χ2v) is 7.34. The van der Waals surface area contributed by atoms with Gasteiger partial charge in [0, 0.05) is 32.4 Å². The summed E-state index contributed by atoms with van der Waals surface area (Å²) in [6.45, 7) is 2.58. The van der Waals surface area contributed by atoms with E-state index in [-0.39, 0.29) is 36.5 Å². The second-order valence-electron chi connectivity index (χ2n) is 7.34. The minimum atomic E-state index is -4.43. The number of terminal acetylenes is 1. The van der Waals surface area contributed by atoms with Gasteiger partial charge in [-0.05, 0) is 30.2 Å². The zero-order valence-electron chi connectivity index (χ0n) is 17.2. The van der Waals surface area contributed by atoms with E-state index in [4.69, 9.17) is 16.9 Å². The number of hydrogen-bond donors (Lipinski definition) is 1. The lowest BCUT2D eigenvalue weighted by Gasteiger charge is -2.38. The molecule has 0 bridgehead atoms. The molecule has 1 aromatic carbocycles. The largest absolute Gasteiger partial charge is 0.416 e. The maximum atomic E-state index is 13.2. The Morgan fingerprint density at radius 3 is 2.72 bits per heavy atom. The monoisotopic (exact) mass is 446 g/mol. The van der Waals surface area contributed by atoms with Crippen LogP contribution in [0.5, 0.6) is 5.75 Å². The van der Waals surface area contributed by atoms with Gasteiger partial charge in [0.25, 0.3) is 0 Å². The lowest BCUT2D eigenvalue weighted by molar-refractivity contribution is -0.138. The van der Waals surface area contributed by atoms with Crippen molar-refractivity contribution in [2.45, 2.75) is 25.7 Å². The predicted molar refractivity (Wildman–Crippen MR) is 110 cm³/mol. The number of rotatable bonds is 4. The van der Waals surface area contributed by atoms with E-state index in [2.05, 4.69) is 10.9 Å². The predicted octanol–water partition coefficient (Wildman–Crippen LogP) is 2.83. The maximum Gasteiger partial charge on any atom is 0.416 e. The normalized spacial score (nSPS) is 17.0. The Hall–Kier alpha value is -3.58. The third kappa shape index (κ3) is 5.18. The molecular formula is C22H21F3N4O3. The summed E-state index contributed by atoms with van der Waals surface area (Å²) in [6, 6.07) is 4.74. The summed E-state index contributed by atoms with van der Waals surface area (Å²) in [4.78, 5) is 30.9. The Morgan fingerprint density at radius 2 is 2.06 bits per heavy atom. The van der Waals surface area contributed by atoms with Crippen LogP contribution in [0.15, 0.2) is 36.7 Å². The first-order valence-electron chi connectivity index (χ1n) is 9.67. The molecule has 32 heavy (non-hydrogen) atoms. The van der Waals surface area contributed by atoms with E-state index >= 15 is 0 Å². The highest BCUT2D eigenvalue weighted by Crippen LogP contribution is 2.33. The molecule has 2 amide bonds. The second kappa shape index (κ2) is 9.28. The highest BCUT2D eigenvalue weighted by Gasteiger charge is 2.34. The first-order chi connectivity index (χ1) is 15.1. The van der Waals surface area contributed by atoms with Crippen molar-refractivity contribution in [1.29, 1.82) is 0 Å². The fourth-order valence-corrected chi connectivity index (χ4v) is 3.52. The van der Waals surface area contributed by atoms with Gasteiger partial charge in [-0.15, -0.1) is 6.42 Å². The Labute approximate surface area is 183 Å². The van der Waals surface area contributed by atoms with Crippen LogP contribution in [0.2, 0.25) is 0 Å². The number of ether oxygens (including phenoxy) is 1. The lowest BCUT2D eigenvalue weighted by Crippen LogP contribution is -2.55. The van der Waals surface area contributed by atoms with E-state index in [1.165, 1.54) is 36.4 Å². The van der Waals surface area contributed by atoms with E-state index < -0.39 is 29.8 Å². The lowest BCUT2D eigenvalue weighted by atomic mass is 10.0. The van der Waals surface area contributed by atoms with E-state index in [9.17, 15) is 22.8 Å². The number of pyridine rings is 1. The smallest absolute Gasteiger partial charge is 0.408 e. The number of piperazine rings is 1. The van der Waals surface area contributed by atoms with Crippen LogP contribution in [0.4, 0.5) is 18.0 Å². The van der Waals surface area contributed by atoms with Gasteiger partial charge in [0.15, 0.2) is 5.75 Å². The topological polar surface area (TPSA) is 88.8 Å². The number of halogens is 3. The SMILES string of the molecule is C#C[C@@H]1CN(Cc2cccc(C(F)(F)F)c2C)CCN1C(=O)Oc1cncc(C(N)=O)c1. The van der Waals surface area contributed by atoms with Gasteiger partial charge in [-0.2, -0.15) is 13.2 Å². The molecule has 0 radical (unpaired) electrons. The Morgan fingerprint density at radius 1 is 1.31 bits per heavy atom. The number of carbonyl (C=O) groups excluding carboxylic acids is 2. The van der Waals surface area contributed by atoms with E-state index in [1.807, 2.05) is 4.90 Å². The van der Waals surface area contributed by atoms with Crippen molar-refractivity contribution in [3.63, 3.8) is 0 Å². The number of carbonyl (C=O) groups is 2. The number of benzene rings is 1. The molecule has 3 rings (SSSR count). The van der Waals surface area contributed by atoms with Crippen LogP contribution in [0, 0.1) is 19.3 Å². The van der Waals surface area contributed by atoms with Crippen molar-refractivity contribution < 1.29 is 27.5 Å². The molecule has 7 nitrogen and oxygen atoms in total. The standard InChI is InChI=1S/C22H21F3N4O3/c1-3-17-13-28(12-15-5-4-6-19(14(15)2)22(23,24)25)7-8-29(17)21(31)32-18-9-16(20(26)30)10-27-11-18/h1,4-6,9-11,17H,7-8,12-13H2,2H3,(H2,26,30)/t17-/m1/s1. The number of nitrogens with zero attached hydrogens (tertiary/aromatic N) is 3.